The van der Waals surface area contributed by atoms with Gasteiger partial charge in [0.2, 0.25) is 0 Å². The van der Waals surface area contributed by atoms with Gasteiger partial charge in [0.15, 0.2) is 0 Å². The Kier molecular flexibility index (Phi) is 5.44. The molecule has 0 amide bonds. The Bertz CT molecular complexity index is 558. The summed E-state index contributed by atoms with van der Waals surface area (Å²) in [6.07, 6.45) is 0. The summed E-state index contributed by atoms with van der Waals surface area (Å²) in [6.45, 7) is 2.62. The third-order valence-corrected chi connectivity index (χ3v) is 4.07. The van der Waals surface area contributed by atoms with E-state index in [1.165, 1.54) is 5.56 Å². The van der Waals surface area contributed by atoms with E-state index in [0.29, 0.717) is 16.6 Å². The van der Waals surface area contributed by atoms with Crippen LogP contribution in [0.2, 0.25) is 10.0 Å². The molecule has 106 valence electrons. The molecule has 2 aromatic carbocycles. The Morgan fingerprint density at radius 1 is 1.00 bits per heavy atom. The number of hydrogen-bond donors (Lipinski definition) is 2. The third-order valence-electron chi connectivity index (χ3n) is 3.33. The SMILES string of the molecule is CC(NC(CN)c1ccc(Cl)c(Cl)c1)c1ccccc1. The lowest BCUT2D eigenvalue weighted by molar-refractivity contribution is 0.473. The summed E-state index contributed by atoms with van der Waals surface area (Å²) in [7, 11) is 0. The van der Waals surface area contributed by atoms with E-state index in [9.17, 15) is 0 Å². The van der Waals surface area contributed by atoms with Crippen molar-refractivity contribution in [2.45, 2.75) is 19.0 Å². The minimum atomic E-state index is 0.0416. The van der Waals surface area contributed by atoms with E-state index in [1.54, 1.807) is 6.07 Å². The topological polar surface area (TPSA) is 38.0 Å². The first-order valence-corrected chi connectivity index (χ1v) is 7.33. The molecule has 0 aliphatic carbocycles. The molecule has 2 nitrogen and oxygen atoms in total. The van der Waals surface area contributed by atoms with Gasteiger partial charge in [0.05, 0.1) is 10.0 Å². The summed E-state index contributed by atoms with van der Waals surface area (Å²) in [4.78, 5) is 0. The number of nitrogens with two attached hydrogens (primary N) is 1. The van der Waals surface area contributed by atoms with Crippen molar-refractivity contribution in [3.63, 3.8) is 0 Å². The first-order valence-electron chi connectivity index (χ1n) is 6.58. The molecule has 2 aromatic rings. The molecule has 4 heteroatoms. The summed E-state index contributed by atoms with van der Waals surface area (Å²) in [5.41, 5.74) is 8.15. The summed E-state index contributed by atoms with van der Waals surface area (Å²) in [5.74, 6) is 0. The van der Waals surface area contributed by atoms with Crippen LogP contribution >= 0.6 is 23.2 Å². The molecule has 0 radical (unpaired) electrons. The van der Waals surface area contributed by atoms with E-state index >= 15 is 0 Å². The lowest BCUT2D eigenvalue weighted by atomic mass is 10.0. The molecule has 2 unspecified atom stereocenters. The fraction of sp³-hybridized carbons (Fsp3) is 0.250. The Hall–Kier alpha value is -1.06. The smallest absolute Gasteiger partial charge is 0.0595 e. The van der Waals surface area contributed by atoms with Gasteiger partial charge in [-0.1, -0.05) is 59.6 Å². The number of rotatable bonds is 5. The maximum atomic E-state index is 6.07. The Morgan fingerprint density at radius 2 is 1.70 bits per heavy atom. The van der Waals surface area contributed by atoms with Crippen LogP contribution in [0.4, 0.5) is 0 Å². The van der Waals surface area contributed by atoms with Gasteiger partial charge in [-0.15, -0.1) is 0 Å². The van der Waals surface area contributed by atoms with E-state index in [4.69, 9.17) is 28.9 Å². The van der Waals surface area contributed by atoms with Gasteiger partial charge in [0.1, 0.15) is 0 Å². The molecule has 0 bridgehead atoms. The van der Waals surface area contributed by atoms with Crippen LogP contribution in [0.1, 0.15) is 30.1 Å². The van der Waals surface area contributed by atoms with Gasteiger partial charge in [-0.3, -0.25) is 0 Å². The average molecular weight is 309 g/mol. The second-order valence-corrected chi connectivity index (χ2v) is 5.58. The predicted molar refractivity (Wildman–Crippen MR) is 86.3 cm³/mol. The molecule has 0 aliphatic heterocycles. The Balaban J connectivity index is 2.14. The van der Waals surface area contributed by atoms with Crippen molar-refractivity contribution in [2.75, 3.05) is 6.54 Å². The summed E-state index contributed by atoms with van der Waals surface area (Å²) in [5, 5.41) is 4.63. The molecular formula is C16H18Cl2N2. The monoisotopic (exact) mass is 308 g/mol. The quantitative estimate of drug-likeness (QED) is 0.862. The molecule has 0 saturated heterocycles. The van der Waals surface area contributed by atoms with Crippen molar-refractivity contribution in [1.82, 2.24) is 5.32 Å². The third kappa shape index (κ3) is 3.74. The minimum absolute atomic E-state index is 0.0416. The largest absolute Gasteiger partial charge is 0.329 e. The maximum absolute atomic E-state index is 6.07. The summed E-state index contributed by atoms with van der Waals surface area (Å²) >= 11 is 12.0. The van der Waals surface area contributed by atoms with Crippen molar-refractivity contribution in [3.8, 4) is 0 Å². The molecule has 20 heavy (non-hydrogen) atoms. The van der Waals surface area contributed by atoms with Crippen molar-refractivity contribution in [1.29, 1.82) is 0 Å². The zero-order chi connectivity index (χ0) is 14.5. The normalized spacial score (nSPS) is 14.0. The summed E-state index contributed by atoms with van der Waals surface area (Å²) < 4.78 is 0. The van der Waals surface area contributed by atoms with E-state index in [2.05, 4.69) is 24.4 Å². The highest BCUT2D eigenvalue weighted by Gasteiger charge is 2.14. The van der Waals surface area contributed by atoms with Gasteiger partial charge < -0.3 is 11.1 Å². The van der Waals surface area contributed by atoms with Gasteiger partial charge >= 0.3 is 0 Å². The predicted octanol–water partition coefficient (Wildman–Crippen LogP) is 4.34. The van der Waals surface area contributed by atoms with Crippen LogP contribution in [0.25, 0.3) is 0 Å². The summed E-state index contributed by atoms with van der Waals surface area (Å²) in [6, 6.07) is 16.1. The first-order chi connectivity index (χ1) is 9.61. The van der Waals surface area contributed by atoms with Crippen LogP contribution in [0.15, 0.2) is 48.5 Å². The van der Waals surface area contributed by atoms with E-state index in [-0.39, 0.29) is 12.1 Å². The van der Waals surface area contributed by atoms with Gasteiger partial charge in [-0.25, -0.2) is 0 Å². The van der Waals surface area contributed by atoms with Crippen molar-refractivity contribution >= 4 is 23.2 Å². The van der Waals surface area contributed by atoms with Crippen molar-refractivity contribution in [2.24, 2.45) is 5.73 Å². The first kappa shape index (κ1) is 15.3. The fourth-order valence-corrected chi connectivity index (χ4v) is 2.48. The van der Waals surface area contributed by atoms with Crippen LogP contribution in [0.3, 0.4) is 0 Å². The Labute approximate surface area is 129 Å². The van der Waals surface area contributed by atoms with Crippen LogP contribution < -0.4 is 11.1 Å². The molecule has 0 spiro atoms. The fourth-order valence-electron chi connectivity index (χ4n) is 2.17. The number of halogens is 2. The standard InChI is InChI=1S/C16H18Cl2N2/c1-11(12-5-3-2-4-6-12)20-16(10-19)13-7-8-14(17)15(18)9-13/h2-9,11,16,20H,10,19H2,1H3. The van der Waals surface area contributed by atoms with Crippen LogP contribution in [-0.4, -0.2) is 6.54 Å². The Morgan fingerprint density at radius 3 is 2.30 bits per heavy atom. The molecule has 0 fully saturated rings. The van der Waals surface area contributed by atoms with Crippen LogP contribution in [0, 0.1) is 0 Å². The van der Waals surface area contributed by atoms with Gasteiger partial charge in [-0.2, -0.15) is 0 Å². The zero-order valence-corrected chi connectivity index (χ0v) is 12.8. The van der Waals surface area contributed by atoms with Gasteiger partial charge in [-0.05, 0) is 30.2 Å². The van der Waals surface area contributed by atoms with Crippen LogP contribution in [-0.2, 0) is 0 Å². The molecule has 0 aliphatic rings. The van der Waals surface area contributed by atoms with E-state index in [1.807, 2.05) is 30.3 Å². The highest BCUT2D eigenvalue weighted by Crippen LogP contribution is 2.26. The second kappa shape index (κ2) is 7.09. The molecule has 2 atom stereocenters. The van der Waals surface area contributed by atoms with Gasteiger partial charge in [0, 0.05) is 18.6 Å². The van der Waals surface area contributed by atoms with Crippen LogP contribution in [0.5, 0.6) is 0 Å². The lowest BCUT2D eigenvalue weighted by Gasteiger charge is -2.23. The molecule has 0 aromatic heterocycles. The van der Waals surface area contributed by atoms with E-state index < -0.39 is 0 Å². The molecule has 3 N–H and O–H groups in total. The van der Waals surface area contributed by atoms with E-state index in [0.717, 1.165) is 5.56 Å². The molecular weight excluding hydrogens is 291 g/mol. The maximum Gasteiger partial charge on any atom is 0.0595 e. The number of hydrogen-bond acceptors (Lipinski definition) is 2. The van der Waals surface area contributed by atoms with Crippen molar-refractivity contribution < 1.29 is 0 Å². The number of nitrogens with one attached hydrogen (secondary N) is 1. The highest BCUT2D eigenvalue weighted by molar-refractivity contribution is 6.42. The average Bonchev–Trinajstić information content (AvgIpc) is 2.48. The molecule has 0 heterocycles. The zero-order valence-electron chi connectivity index (χ0n) is 11.3. The molecule has 2 rings (SSSR count). The van der Waals surface area contributed by atoms with Crippen molar-refractivity contribution in [3.05, 3.63) is 69.7 Å². The molecule has 0 saturated carbocycles. The second-order valence-electron chi connectivity index (χ2n) is 4.76. The lowest BCUT2D eigenvalue weighted by Crippen LogP contribution is -2.30. The van der Waals surface area contributed by atoms with Gasteiger partial charge in [0.25, 0.3) is 0 Å². The highest BCUT2D eigenvalue weighted by atomic mass is 35.5. The number of benzene rings is 2. The minimum Gasteiger partial charge on any atom is -0.329 e.